The monoisotopic (exact) mass is 237 g/mol. The number of aromatic nitrogens is 2. The fraction of sp³-hybridized carbons (Fsp3) is 0.786. The smallest absolute Gasteiger partial charge is 0.0638 e. The fourth-order valence-electron chi connectivity index (χ4n) is 2.13. The number of nitrogens with one attached hydrogen (secondary N) is 1. The molecule has 3 nitrogen and oxygen atoms in total. The predicted octanol–water partition coefficient (Wildman–Crippen LogP) is 3.13. The third-order valence-electron chi connectivity index (χ3n) is 3.07. The minimum absolute atomic E-state index is 0.718. The maximum atomic E-state index is 4.59. The van der Waals surface area contributed by atoms with E-state index in [4.69, 9.17) is 0 Å². The number of nitrogens with zero attached hydrogens (tertiary/aromatic N) is 2. The highest BCUT2D eigenvalue weighted by molar-refractivity contribution is 5.15. The summed E-state index contributed by atoms with van der Waals surface area (Å²) in [5.74, 6) is 0.718. The van der Waals surface area contributed by atoms with Crippen LogP contribution in [0.1, 0.15) is 51.3 Å². The molecule has 1 aromatic heterocycles. The van der Waals surface area contributed by atoms with Crippen LogP contribution in [0, 0.1) is 12.8 Å². The van der Waals surface area contributed by atoms with Crippen molar-refractivity contribution in [2.75, 3.05) is 6.54 Å². The van der Waals surface area contributed by atoms with Gasteiger partial charge in [-0.15, -0.1) is 0 Å². The molecule has 0 aliphatic carbocycles. The molecule has 0 radical (unpaired) electrons. The molecule has 1 unspecified atom stereocenters. The van der Waals surface area contributed by atoms with Crippen LogP contribution in [0.25, 0.3) is 0 Å². The van der Waals surface area contributed by atoms with Gasteiger partial charge in [0.05, 0.1) is 5.69 Å². The van der Waals surface area contributed by atoms with Crippen molar-refractivity contribution >= 4 is 0 Å². The maximum absolute atomic E-state index is 4.59. The van der Waals surface area contributed by atoms with Gasteiger partial charge < -0.3 is 5.32 Å². The summed E-state index contributed by atoms with van der Waals surface area (Å²) in [5, 5.41) is 8.02. The second-order valence-corrected chi connectivity index (χ2v) is 5.03. The molecular weight excluding hydrogens is 210 g/mol. The van der Waals surface area contributed by atoms with Crippen molar-refractivity contribution in [2.24, 2.45) is 5.92 Å². The first-order chi connectivity index (χ1) is 8.17. The SMILES string of the molecule is CCCNCc1cn(CC(C)CCC)nc1C. The molecule has 1 rings (SSSR count). The van der Waals surface area contributed by atoms with Crippen LogP contribution in [0.2, 0.25) is 0 Å². The van der Waals surface area contributed by atoms with E-state index in [1.54, 1.807) is 0 Å². The Labute approximate surface area is 106 Å². The van der Waals surface area contributed by atoms with Gasteiger partial charge in [-0.2, -0.15) is 5.10 Å². The van der Waals surface area contributed by atoms with E-state index in [0.29, 0.717) is 0 Å². The highest BCUT2D eigenvalue weighted by atomic mass is 15.3. The van der Waals surface area contributed by atoms with Crippen LogP contribution in [0.4, 0.5) is 0 Å². The summed E-state index contributed by atoms with van der Waals surface area (Å²) >= 11 is 0. The van der Waals surface area contributed by atoms with Gasteiger partial charge in [-0.25, -0.2) is 0 Å². The molecule has 0 saturated carbocycles. The second-order valence-electron chi connectivity index (χ2n) is 5.03. The molecule has 0 amide bonds. The van der Waals surface area contributed by atoms with Crippen molar-refractivity contribution in [1.29, 1.82) is 0 Å². The molecule has 0 aromatic carbocycles. The summed E-state index contributed by atoms with van der Waals surface area (Å²) in [6.45, 7) is 11.9. The molecule has 0 bridgehead atoms. The van der Waals surface area contributed by atoms with Crippen LogP contribution in [0.3, 0.4) is 0 Å². The first-order valence-corrected chi connectivity index (χ1v) is 6.91. The van der Waals surface area contributed by atoms with Gasteiger partial charge in [-0.3, -0.25) is 4.68 Å². The average Bonchev–Trinajstić information content (AvgIpc) is 2.60. The molecule has 0 fully saturated rings. The van der Waals surface area contributed by atoms with Gasteiger partial charge >= 0.3 is 0 Å². The van der Waals surface area contributed by atoms with Gasteiger partial charge in [0, 0.05) is 24.8 Å². The zero-order valence-corrected chi connectivity index (χ0v) is 11.8. The summed E-state index contributed by atoms with van der Waals surface area (Å²) in [4.78, 5) is 0. The maximum Gasteiger partial charge on any atom is 0.0638 e. The van der Waals surface area contributed by atoms with Gasteiger partial charge in [0.25, 0.3) is 0 Å². The van der Waals surface area contributed by atoms with E-state index in [1.165, 1.54) is 24.8 Å². The minimum atomic E-state index is 0.718. The Hall–Kier alpha value is -0.830. The molecule has 1 atom stereocenters. The van der Waals surface area contributed by atoms with Gasteiger partial charge in [-0.1, -0.05) is 27.2 Å². The van der Waals surface area contributed by atoms with Crippen molar-refractivity contribution < 1.29 is 0 Å². The fourth-order valence-corrected chi connectivity index (χ4v) is 2.13. The van der Waals surface area contributed by atoms with E-state index in [9.17, 15) is 0 Å². The highest BCUT2D eigenvalue weighted by Crippen LogP contribution is 2.11. The molecule has 0 saturated heterocycles. The van der Waals surface area contributed by atoms with Crippen LogP contribution in [0.5, 0.6) is 0 Å². The number of hydrogen-bond acceptors (Lipinski definition) is 2. The molecular formula is C14H27N3. The normalized spacial score (nSPS) is 12.9. The Morgan fingerprint density at radius 1 is 1.35 bits per heavy atom. The Balaban J connectivity index is 2.49. The molecule has 1 heterocycles. The molecule has 1 aromatic rings. The largest absolute Gasteiger partial charge is 0.313 e. The van der Waals surface area contributed by atoms with E-state index < -0.39 is 0 Å². The predicted molar refractivity (Wildman–Crippen MR) is 73.0 cm³/mol. The first kappa shape index (κ1) is 14.2. The summed E-state index contributed by atoms with van der Waals surface area (Å²) in [6.07, 6.45) is 5.92. The topological polar surface area (TPSA) is 29.9 Å². The van der Waals surface area contributed by atoms with E-state index in [1.807, 2.05) is 0 Å². The average molecular weight is 237 g/mol. The summed E-state index contributed by atoms with van der Waals surface area (Å²) in [7, 11) is 0. The molecule has 17 heavy (non-hydrogen) atoms. The lowest BCUT2D eigenvalue weighted by atomic mass is 10.1. The number of rotatable bonds is 8. The molecule has 3 heteroatoms. The van der Waals surface area contributed by atoms with Crippen LogP contribution in [-0.2, 0) is 13.1 Å². The minimum Gasteiger partial charge on any atom is -0.313 e. The van der Waals surface area contributed by atoms with E-state index in [2.05, 4.69) is 49.0 Å². The molecule has 0 spiro atoms. The Morgan fingerprint density at radius 2 is 2.12 bits per heavy atom. The quantitative estimate of drug-likeness (QED) is 0.704. The molecule has 0 aliphatic heterocycles. The van der Waals surface area contributed by atoms with E-state index in [0.717, 1.165) is 31.2 Å². The third kappa shape index (κ3) is 4.90. The zero-order chi connectivity index (χ0) is 12.7. The van der Waals surface area contributed by atoms with Crippen LogP contribution >= 0.6 is 0 Å². The zero-order valence-electron chi connectivity index (χ0n) is 11.8. The third-order valence-corrected chi connectivity index (χ3v) is 3.07. The lowest BCUT2D eigenvalue weighted by Crippen LogP contribution is -2.14. The van der Waals surface area contributed by atoms with Crippen LogP contribution in [-0.4, -0.2) is 16.3 Å². The first-order valence-electron chi connectivity index (χ1n) is 6.91. The van der Waals surface area contributed by atoms with Crippen molar-refractivity contribution in [3.63, 3.8) is 0 Å². The summed E-state index contributed by atoms with van der Waals surface area (Å²) < 4.78 is 2.11. The van der Waals surface area contributed by atoms with Gasteiger partial charge in [0.2, 0.25) is 0 Å². The van der Waals surface area contributed by atoms with Gasteiger partial charge in [0.15, 0.2) is 0 Å². The van der Waals surface area contributed by atoms with Crippen LogP contribution < -0.4 is 5.32 Å². The second kappa shape index (κ2) is 7.49. The molecule has 98 valence electrons. The lowest BCUT2D eigenvalue weighted by Gasteiger charge is -2.09. The summed E-state index contributed by atoms with van der Waals surface area (Å²) in [5.41, 5.74) is 2.50. The van der Waals surface area contributed by atoms with Gasteiger partial charge in [0.1, 0.15) is 0 Å². The Kier molecular flexibility index (Phi) is 6.27. The van der Waals surface area contributed by atoms with Crippen molar-refractivity contribution in [2.45, 2.75) is 60.0 Å². The van der Waals surface area contributed by atoms with E-state index in [-0.39, 0.29) is 0 Å². The van der Waals surface area contributed by atoms with Crippen molar-refractivity contribution in [3.8, 4) is 0 Å². The van der Waals surface area contributed by atoms with Crippen molar-refractivity contribution in [1.82, 2.24) is 15.1 Å². The van der Waals surface area contributed by atoms with Gasteiger partial charge in [-0.05, 0) is 32.2 Å². The van der Waals surface area contributed by atoms with Crippen molar-refractivity contribution in [3.05, 3.63) is 17.5 Å². The number of hydrogen-bond donors (Lipinski definition) is 1. The van der Waals surface area contributed by atoms with E-state index >= 15 is 0 Å². The number of aryl methyl sites for hydroxylation is 1. The van der Waals surface area contributed by atoms with Crippen LogP contribution in [0.15, 0.2) is 6.20 Å². The molecule has 1 N–H and O–H groups in total. The standard InChI is InChI=1S/C14H27N3/c1-5-7-12(3)10-17-11-14(13(4)16-17)9-15-8-6-2/h11-12,15H,5-10H2,1-4H3. The molecule has 0 aliphatic rings. The summed E-state index contributed by atoms with van der Waals surface area (Å²) in [6, 6.07) is 0. The lowest BCUT2D eigenvalue weighted by molar-refractivity contribution is 0.419. The Morgan fingerprint density at radius 3 is 2.76 bits per heavy atom. The Bertz CT molecular complexity index is 317. The highest BCUT2D eigenvalue weighted by Gasteiger charge is 2.07.